The first kappa shape index (κ1) is 12.5. The summed E-state index contributed by atoms with van der Waals surface area (Å²) in [6.07, 6.45) is 1.14. The highest BCUT2D eigenvalue weighted by molar-refractivity contribution is 9.10. The van der Waals surface area contributed by atoms with E-state index >= 15 is 0 Å². The third-order valence-electron chi connectivity index (χ3n) is 2.37. The van der Waals surface area contributed by atoms with Gasteiger partial charge in [-0.15, -0.1) is 23.7 Å². The van der Waals surface area contributed by atoms with Crippen molar-refractivity contribution >= 4 is 39.7 Å². The van der Waals surface area contributed by atoms with Crippen LogP contribution in [0.15, 0.2) is 15.9 Å². The maximum Gasteiger partial charge on any atom is 0.0339 e. The van der Waals surface area contributed by atoms with Gasteiger partial charge in [-0.25, -0.2) is 0 Å². The van der Waals surface area contributed by atoms with Crippen LogP contribution in [0.25, 0.3) is 0 Å². The van der Waals surface area contributed by atoms with Gasteiger partial charge in [-0.2, -0.15) is 0 Å². The van der Waals surface area contributed by atoms with E-state index in [1.165, 1.54) is 9.35 Å². The minimum atomic E-state index is 0. The van der Waals surface area contributed by atoms with Crippen molar-refractivity contribution in [3.63, 3.8) is 0 Å². The minimum absolute atomic E-state index is 0. The first-order chi connectivity index (χ1) is 6.25. The Bertz CT molecular complexity index is 292. The molecule has 1 aliphatic rings. The van der Waals surface area contributed by atoms with Crippen LogP contribution in [0.1, 0.15) is 11.3 Å². The van der Waals surface area contributed by atoms with E-state index < -0.39 is 0 Å². The highest BCUT2D eigenvalue weighted by atomic mass is 79.9. The second-order valence-corrected chi connectivity index (χ2v) is 5.33. The van der Waals surface area contributed by atoms with Crippen LogP contribution >= 0.6 is 39.7 Å². The molecule has 2 heterocycles. The van der Waals surface area contributed by atoms with Crippen LogP contribution in [-0.4, -0.2) is 24.0 Å². The van der Waals surface area contributed by atoms with E-state index in [1.54, 1.807) is 0 Å². The summed E-state index contributed by atoms with van der Waals surface area (Å²) in [6, 6.07) is 2.49. The van der Waals surface area contributed by atoms with Crippen molar-refractivity contribution in [1.29, 1.82) is 0 Å². The van der Waals surface area contributed by atoms with Gasteiger partial charge < -0.3 is 5.73 Å². The summed E-state index contributed by atoms with van der Waals surface area (Å²) < 4.78 is 1.23. The van der Waals surface area contributed by atoms with E-state index in [2.05, 4.69) is 32.3 Å². The third-order valence-corrected chi connectivity index (χ3v) is 4.28. The van der Waals surface area contributed by atoms with E-state index in [9.17, 15) is 0 Å². The van der Waals surface area contributed by atoms with Crippen molar-refractivity contribution < 1.29 is 0 Å². The molecule has 0 aliphatic carbocycles. The zero-order valence-corrected chi connectivity index (χ0v) is 11.0. The first-order valence-electron chi connectivity index (χ1n) is 4.45. The van der Waals surface area contributed by atoms with Crippen LogP contribution in [0.2, 0.25) is 0 Å². The summed E-state index contributed by atoms with van der Waals surface area (Å²) in [5.41, 5.74) is 5.84. The molecule has 1 aromatic rings. The summed E-state index contributed by atoms with van der Waals surface area (Å²) in [4.78, 5) is 3.83. The largest absolute Gasteiger partial charge is 0.326 e. The van der Waals surface area contributed by atoms with Crippen LogP contribution in [-0.2, 0) is 6.54 Å². The standard InChI is InChI=1S/C9H13BrN2S.ClH/c10-8-2-4-13-9(8)6-12-3-1-7(11)5-12;/h2,4,7H,1,3,5-6,11H2;1H/t7-;/m1./s1. The van der Waals surface area contributed by atoms with Crippen molar-refractivity contribution in [2.24, 2.45) is 5.73 Å². The van der Waals surface area contributed by atoms with Gasteiger partial charge in [0.2, 0.25) is 0 Å². The maximum atomic E-state index is 5.84. The number of likely N-dealkylation sites (tertiary alicyclic amines) is 1. The Morgan fingerprint density at radius 3 is 2.93 bits per heavy atom. The van der Waals surface area contributed by atoms with Gasteiger partial charge in [0.25, 0.3) is 0 Å². The van der Waals surface area contributed by atoms with Crippen LogP contribution < -0.4 is 5.73 Å². The Morgan fingerprint density at radius 1 is 1.64 bits per heavy atom. The lowest BCUT2D eigenvalue weighted by atomic mass is 10.3. The Morgan fingerprint density at radius 2 is 2.43 bits per heavy atom. The molecule has 0 aromatic carbocycles. The molecular formula is C9H14BrClN2S. The quantitative estimate of drug-likeness (QED) is 0.908. The summed E-state index contributed by atoms with van der Waals surface area (Å²) in [5, 5.41) is 2.12. The summed E-state index contributed by atoms with van der Waals surface area (Å²) >= 11 is 5.35. The predicted octanol–water partition coefficient (Wildman–Crippen LogP) is 2.47. The van der Waals surface area contributed by atoms with E-state index in [1.807, 2.05) is 11.3 Å². The zero-order valence-electron chi connectivity index (χ0n) is 7.78. The SMILES string of the molecule is Cl.N[C@@H]1CCN(Cc2sccc2Br)C1. The van der Waals surface area contributed by atoms with Crippen LogP contribution in [0.5, 0.6) is 0 Å². The lowest BCUT2D eigenvalue weighted by Crippen LogP contribution is -2.26. The summed E-state index contributed by atoms with van der Waals surface area (Å²) in [6.45, 7) is 3.24. The Balaban J connectivity index is 0.000000980. The maximum absolute atomic E-state index is 5.84. The summed E-state index contributed by atoms with van der Waals surface area (Å²) in [5.74, 6) is 0. The Labute approximate surface area is 103 Å². The fraction of sp³-hybridized carbons (Fsp3) is 0.556. The lowest BCUT2D eigenvalue weighted by Gasteiger charge is -2.13. The van der Waals surface area contributed by atoms with Gasteiger partial charge >= 0.3 is 0 Å². The molecule has 0 radical (unpaired) electrons. The van der Waals surface area contributed by atoms with Gasteiger partial charge in [0.05, 0.1) is 0 Å². The van der Waals surface area contributed by atoms with Crippen molar-refractivity contribution in [2.75, 3.05) is 13.1 Å². The van der Waals surface area contributed by atoms with Crippen LogP contribution in [0, 0.1) is 0 Å². The second-order valence-electron chi connectivity index (χ2n) is 3.48. The molecule has 1 aliphatic heterocycles. The molecule has 0 saturated carbocycles. The molecule has 80 valence electrons. The zero-order chi connectivity index (χ0) is 9.26. The van der Waals surface area contributed by atoms with E-state index in [0.29, 0.717) is 6.04 Å². The number of rotatable bonds is 2. The van der Waals surface area contributed by atoms with Gasteiger partial charge in [-0.1, -0.05) is 0 Å². The molecule has 0 spiro atoms. The van der Waals surface area contributed by atoms with Crippen molar-refractivity contribution in [3.8, 4) is 0 Å². The molecule has 1 atom stereocenters. The molecule has 5 heteroatoms. The Kier molecular flexibility index (Phi) is 4.87. The molecule has 0 bridgehead atoms. The number of nitrogens with zero attached hydrogens (tertiary/aromatic N) is 1. The Hall–Kier alpha value is 0.390. The van der Waals surface area contributed by atoms with Gasteiger partial charge in [-0.05, 0) is 33.8 Å². The normalized spacial score (nSPS) is 22.3. The van der Waals surface area contributed by atoms with Crippen LogP contribution in [0.3, 0.4) is 0 Å². The topological polar surface area (TPSA) is 29.3 Å². The molecule has 2 nitrogen and oxygen atoms in total. The molecule has 1 fully saturated rings. The number of thiophene rings is 1. The van der Waals surface area contributed by atoms with Crippen molar-refractivity contribution in [1.82, 2.24) is 4.90 Å². The molecule has 1 saturated heterocycles. The molecule has 1 aromatic heterocycles. The van der Waals surface area contributed by atoms with Crippen molar-refractivity contribution in [3.05, 3.63) is 20.8 Å². The first-order valence-corrected chi connectivity index (χ1v) is 6.13. The average Bonchev–Trinajstić information content (AvgIpc) is 2.64. The highest BCUT2D eigenvalue weighted by Gasteiger charge is 2.19. The van der Waals surface area contributed by atoms with Crippen LogP contribution in [0.4, 0.5) is 0 Å². The fourth-order valence-corrected chi connectivity index (χ4v) is 3.17. The monoisotopic (exact) mass is 296 g/mol. The third kappa shape index (κ3) is 2.94. The molecular weight excluding hydrogens is 284 g/mol. The van der Waals surface area contributed by atoms with E-state index in [-0.39, 0.29) is 12.4 Å². The number of nitrogens with two attached hydrogens (primary N) is 1. The minimum Gasteiger partial charge on any atom is -0.326 e. The lowest BCUT2D eigenvalue weighted by molar-refractivity contribution is 0.329. The van der Waals surface area contributed by atoms with Crippen molar-refractivity contribution in [2.45, 2.75) is 19.0 Å². The van der Waals surface area contributed by atoms with Gasteiger partial charge in [-0.3, -0.25) is 4.90 Å². The van der Waals surface area contributed by atoms with E-state index in [0.717, 1.165) is 26.1 Å². The number of hydrogen-bond acceptors (Lipinski definition) is 3. The predicted molar refractivity (Wildman–Crippen MR) is 67.1 cm³/mol. The van der Waals surface area contributed by atoms with E-state index in [4.69, 9.17) is 5.73 Å². The van der Waals surface area contributed by atoms with Gasteiger partial charge in [0, 0.05) is 35.0 Å². The molecule has 2 rings (SSSR count). The van der Waals surface area contributed by atoms with Gasteiger partial charge in [0.15, 0.2) is 0 Å². The highest BCUT2D eigenvalue weighted by Crippen LogP contribution is 2.25. The summed E-state index contributed by atoms with van der Waals surface area (Å²) in [7, 11) is 0. The molecule has 2 N–H and O–H groups in total. The molecule has 14 heavy (non-hydrogen) atoms. The fourth-order valence-electron chi connectivity index (χ4n) is 1.65. The number of halogens is 2. The smallest absolute Gasteiger partial charge is 0.0339 e. The molecule has 0 unspecified atom stereocenters. The second kappa shape index (κ2) is 5.47. The molecule has 0 amide bonds. The van der Waals surface area contributed by atoms with Gasteiger partial charge in [0.1, 0.15) is 0 Å². The number of hydrogen-bond donors (Lipinski definition) is 1. The average molecular weight is 298 g/mol.